The summed E-state index contributed by atoms with van der Waals surface area (Å²) in [5, 5.41) is 3.81. The van der Waals surface area contributed by atoms with Crippen LogP contribution in [0.2, 0.25) is 0 Å². The lowest BCUT2D eigenvalue weighted by Gasteiger charge is -2.32. The van der Waals surface area contributed by atoms with Crippen LogP contribution in [0.15, 0.2) is 0 Å². The molecule has 0 saturated heterocycles. The summed E-state index contributed by atoms with van der Waals surface area (Å²) in [5.41, 5.74) is 5.86. The van der Waals surface area contributed by atoms with E-state index in [-0.39, 0.29) is 0 Å². The third-order valence-electron chi connectivity index (χ3n) is 4.68. The third-order valence-corrected chi connectivity index (χ3v) is 4.68. The van der Waals surface area contributed by atoms with E-state index in [0.29, 0.717) is 0 Å². The van der Waals surface area contributed by atoms with Crippen molar-refractivity contribution in [3.05, 3.63) is 0 Å². The van der Waals surface area contributed by atoms with Crippen molar-refractivity contribution in [2.45, 2.75) is 57.9 Å². The third kappa shape index (κ3) is 3.21. The lowest BCUT2D eigenvalue weighted by Crippen LogP contribution is -2.43. The van der Waals surface area contributed by atoms with Crippen molar-refractivity contribution in [1.82, 2.24) is 5.32 Å². The van der Waals surface area contributed by atoms with Gasteiger partial charge in [-0.25, -0.2) is 0 Å². The van der Waals surface area contributed by atoms with Crippen molar-refractivity contribution in [2.24, 2.45) is 23.5 Å². The summed E-state index contributed by atoms with van der Waals surface area (Å²) in [6.07, 6.45) is 9.80. The summed E-state index contributed by atoms with van der Waals surface area (Å²) in [7, 11) is 0. The minimum Gasteiger partial charge on any atom is -0.330 e. The van der Waals surface area contributed by atoms with E-state index in [1.54, 1.807) is 0 Å². The first-order chi connectivity index (χ1) is 7.79. The molecule has 2 aliphatic rings. The molecule has 0 aliphatic heterocycles. The van der Waals surface area contributed by atoms with Gasteiger partial charge in [-0.3, -0.25) is 0 Å². The van der Waals surface area contributed by atoms with Crippen molar-refractivity contribution in [3.63, 3.8) is 0 Å². The maximum absolute atomic E-state index is 5.86. The Hall–Kier alpha value is -0.0800. The number of nitrogens with two attached hydrogens (primary N) is 1. The Labute approximate surface area is 100 Å². The molecule has 0 bridgehead atoms. The molecule has 0 aromatic carbocycles. The van der Waals surface area contributed by atoms with Crippen LogP contribution in [0.4, 0.5) is 0 Å². The van der Waals surface area contributed by atoms with Gasteiger partial charge in [0.1, 0.15) is 0 Å². The molecule has 0 aromatic rings. The Bertz CT molecular complexity index is 205. The summed E-state index contributed by atoms with van der Waals surface area (Å²) >= 11 is 0. The lowest BCUT2D eigenvalue weighted by atomic mass is 9.84. The molecular weight excluding hydrogens is 196 g/mol. The Balaban J connectivity index is 1.71. The van der Waals surface area contributed by atoms with Gasteiger partial charge in [0.05, 0.1) is 0 Å². The predicted molar refractivity (Wildman–Crippen MR) is 69.3 cm³/mol. The summed E-state index contributed by atoms with van der Waals surface area (Å²) in [5.74, 6) is 2.64. The average molecular weight is 224 g/mol. The molecule has 2 aliphatic carbocycles. The van der Waals surface area contributed by atoms with Crippen LogP contribution in [0, 0.1) is 17.8 Å². The molecule has 16 heavy (non-hydrogen) atoms. The number of hydrogen-bond acceptors (Lipinski definition) is 2. The topological polar surface area (TPSA) is 38.0 Å². The molecule has 0 spiro atoms. The van der Waals surface area contributed by atoms with Crippen LogP contribution in [-0.2, 0) is 0 Å². The van der Waals surface area contributed by atoms with Gasteiger partial charge in [-0.1, -0.05) is 26.2 Å². The summed E-state index contributed by atoms with van der Waals surface area (Å²) in [6.45, 7) is 4.51. The summed E-state index contributed by atoms with van der Waals surface area (Å²) < 4.78 is 0. The first-order valence-electron chi connectivity index (χ1n) is 7.23. The maximum atomic E-state index is 5.86. The highest BCUT2D eigenvalue weighted by molar-refractivity contribution is 4.83. The first kappa shape index (κ1) is 12.4. The monoisotopic (exact) mass is 224 g/mol. The van der Waals surface area contributed by atoms with Crippen LogP contribution in [0.25, 0.3) is 0 Å². The predicted octanol–water partition coefficient (Wildman–Crippen LogP) is 2.53. The van der Waals surface area contributed by atoms with E-state index in [0.717, 1.165) is 30.3 Å². The quantitative estimate of drug-likeness (QED) is 0.770. The molecule has 0 radical (unpaired) electrons. The van der Waals surface area contributed by atoms with Gasteiger partial charge in [-0.2, -0.15) is 0 Å². The van der Waals surface area contributed by atoms with Gasteiger partial charge in [0.15, 0.2) is 0 Å². The van der Waals surface area contributed by atoms with Crippen LogP contribution in [0.1, 0.15) is 51.9 Å². The molecule has 3 N–H and O–H groups in total. The van der Waals surface area contributed by atoms with Gasteiger partial charge in [0, 0.05) is 6.04 Å². The van der Waals surface area contributed by atoms with Crippen molar-refractivity contribution >= 4 is 0 Å². The SMILES string of the molecule is CC1CCC(CNC2CCCCC2CN)C1. The fourth-order valence-corrected chi connectivity index (χ4v) is 3.59. The normalized spacial score (nSPS) is 40.1. The molecule has 94 valence electrons. The van der Waals surface area contributed by atoms with Gasteiger partial charge in [-0.15, -0.1) is 0 Å². The molecule has 0 amide bonds. The number of rotatable bonds is 4. The molecule has 2 fully saturated rings. The molecule has 0 heterocycles. The zero-order valence-electron chi connectivity index (χ0n) is 10.8. The fourth-order valence-electron chi connectivity index (χ4n) is 3.59. The van der Waals surface area contributed by atoms with E-state index in [4.69, 9.17) is 5.73 Å². The van der Waals surface area contributed by atoms with E-state index in [1.165, 1.54) is 51.5 Å². The highest BCUT2D eigenvalue weighted by Crippen LogP contribution is 2.30. The van der Waals surface area contributed by atoms with Crippen LogP contribution in [0.3, 0.4) is 0 Å². The van der Waals surface area contributed by atoms with E-state index < -0.39 is 0 Å². The van der Waals surface area contributed by atoms with E-state index in [2.05, 4.69) is 12.2 Å². The molecule has 2 heteroatoms. The fraction of sp³-hybridized carbons (Fsp3) is 1.00. The highest BCUT2D eigenvalue weighted by Gasteiger charge is 2.26. The molecule has 2 nitrogen and oxygen atoms in total. The highest BCUT2D eigenvalue weighted by atomic mass is 14.9. The second-order valence-corrected chi connectivity index (χ2v) is 6.08. The molecule has 2 rings (SSSR count). The minimum atomic E-state index is 0.717. The van der Waals surface area contributed by atoms with E-state index in [1.807, 2.05) is 0 Å². The maximum Gasteiger partial charge on any atom is 0.0107 e. The molecule has 2 saturated carbocycles. The average Bonchev–Trinajstić information content (AvgIpc) is 2.73. The molecule has 4 atom stereocenters. The zero-order chi connectivity index (χ0) is 11.4. The minimum absolute atomic E-state index is 0.717. The Morgan fingerprint density at radius 2 is 1.94 bits per heavy atom. The van der Waals surface area contributed by atoms with Crippen molar-refractivity contribution < 1.29 is 0 Å². The van der Waals surface area contributed by atoms with Crippen LogP contribution in [-0.4, -0.2) is 19.1 Å². The lowest BCUT2D eigenvalue weighted by molar-refractivity contribution is 0.256. The number of nitrogens with one attached hydrogen (secondary N) is 1. The second kappa shape index (κ2) is 6.02. The zero-order valence-corrected chi connectivity index (χ0v) is 10.8. The summed E-state index contributed by atoms with van der Waals surface area (Å²) in [4.78, 5) is 0. The van der Waals surface area contributed by atoms with E-state index in [9.17, 15) is 0 Å². The van der Waals surface area contributed by atoms with Crippen molar-refractivity contribution in [1.29, 1.82) is 0 Å². The Morgan fingerprint density at radius 3 is 2.62 bits per heavy atom. The first-order valence-corrected chi connectivity index (χ1v) is 7.23. The summed E-state index contributed by atoms with van der Waals surface area (Å²) in [6, 6.07) is 0.717. The van der Waals surface area contributed by atoms with E-state index >= 15 is 0 Å². The van der Waals surface area contributed by atoms with Gasteiger partial charge in [-0.05, 0) is 56.5 Å². The van der Waals surface area contributed by atoms with Crippen LogP contribution in [0.5, 0.6) is 0 Å². The van der Waals surface area contributed by atoms with Crippen LogP contribution >= 0.6 is 0 Å². The van der Waals surface area contributed by atoms with Gasteiger partial charge in [0.25, 0.3) is 0 Å². The number of hydrogen-bond donors (Lipinski definition) is 2. The Kier molecular flexibility index (Phi) is 4.66. The van der Waals surface area contributed by atoms with Gasteiger partial charge in [0.2, 0.25) is 0 Å². The molecule has 4 unspecified atom stereocenters. The molecule has 0 aromatic heterocycles. The van der Waals surface area contributed by atoms with Crippen molar-refractivity contribution in [3.8, 4) is 0 Å². The smallest absolute Gasteiger partial charge is 0.0107 e. The van der Waals surface area contributed by atoms with Crippen LogP contribution < -0.4 is 11.1 Å². The molecular formula is C14H28N2. The second-order valence-electron chi connectivity index (χ2n) is 6.08. The van der Waals surface area contributed by atoms with Gasteiger partial charge < -0.3 is 11.1 Å². The standard InChI is InChI=1S/C14H28N2/c1-11-6-7-12(8-11)10-16-14-5-3-2-4-13(14)9-15/h11-14,16H,2-10,15H2,1H3. The Morgan fingerprint density at radius 1 is 1.12 bits per heavy atom. The van der Waals surface area contributed by atoms with Gasteiger partial charge >= 0.3 is 0 Å². The van der Waals surface area contributed by atoms with Crippen molar-refractivity contribution in [2.75, 3.05) is 13.1 Å². The largest absolute Gasteiger partial charge is 0.330 e.